The molecule has 1 fully saturated rings. The number of fused-ring (bicyclic) bond motifs is 1. The molecule has 0 aliphatic carbocycles. The van der Waals surface area contributed by atoms with Gasteiger partial charge in [-0.05, 0) is 18.6 Å². The van der Waals surface area contributed by atoms with Crippen LogP contribution >= 0.6 is 0 Å². The summed E-state index contributed by atoms with van der Waals surface area (Å²) in [6.07, 6.45) is 3.41. The molecule has 2 aromatic rings. The maximum atomic E-state index is 12.8. The summed E-state index contributed by atoms with van der Waals surface area (Å²) in [5, 5.41) is 4.81. The Bertz CT molecular complexity index is 732. The third kappa shape index (κ3) is 2.19. The van der Waals surface area contributed by atoms with Crippen molar-refractivity contribution in [1.29, 1.82) is 0 Å². The maximum Gasteiger partial charge on any atom is 0.243 e. The molecule has 1 saturated heterocycles. The van der Waals surface area contributed by atoms with Crippen LogP contribution in [0.4, 0.5) is 0 Å². The molecule has 20 heavy (non-hydrogen) atoms. The number of nitrogens with one attached hydrogen (secondary N) is 1. The molecule has 2 heterocycles. The summed E-state index contributed by atoms with van der Waals surface area (Å²) in [7, 11) is -3.45. The Morgan fingerprint density at radius 3 is 2.70 bits per heavy atom. The molecule has 0 radical (unpaired) electrons. The average Bonchev–Trinajstić information content (AvgIpc) is 2.48. The highest BCUT2D eigenvalue weighted by Crippen LogP contribution is 2.27. The predicted molar refractivity (Wildman–Crippen MR) is 78.1 cm³/mol. The molecule has 0 amide bonds. The van der Waals surface area contributed by atoms with Crippen molar-refractivity contribution in [3.05, 3.63) is 36.2 Å². The van der Waals surface area contributed by atoms with E-state index in [-0.39, 0.29) is 0 Å². The lowest BCUT2D eigenvalue weighted by molar-refractivity contribution is 0.360. The van der Waals surface area contributed by atoms with Crippen LogP contribution in [0.5, 0.6) is 0 Å². The van der Waals surface area contributed by atoms with Crippen LogP contribution in [0, 0.1) is 6.92 Å². The third-order valence-corrected chi connectivity index (χ3v) is 5.57. The molecule has 1 N–H and O–H groups in total. The van der Waals surface area contributed by atoms with Crippen LogP contribution in [-0.2, 0) is 10.0 Å². The van der Waals surface area contributed by atoms with Crippen molar-refractivity contribution in [3.63, 3.8) is 0 Å². The summed E-state index contributed by atoms with van der Waals surface area (Å²) >= 11 is 0. The first-order valence-corrected chi connectivity index (χ1v) is 8.09. The van der Waals surface area contributed by atoms with E-state index >= 15 is 0 Å². The normalized spacial score (nSPS) is 17.4. The van der Waals surface area contributed by atoms with Crippen molar-refractivity contribution in [2.75, 3.05) is 26.2 Å². The van der Waals surface area contributed by atoms with Gasteiger partial charge in [0.15, 0.2) is 0 Å². The van der Waals surface area contributed by atoms with E-state index in [9.17, 15) is 8.42 Å². The van der Waals surface area contributed by atoms with Crippen LogP contribution in [0.3, 0.4) is 0 Å². The fraction of sp³-hybridized carbons (Fsp3) is 0.357. The number of benzene rings is 1. The second kappa shape index (κ2) is 5.12. The molecule has 106 valence electrons. The van der Waals surface area contributed by atoms with Gasteiger partial charge in [0, 0.05) is 49.3 Å². The predicted octanol–water partition coefficient (Wildman–Crippen LogP) is 1.14. The Labute approximate surface area is 118 Å². The third-order valence-electron chi connectivity index (χ3n) is 3.63. The van der Waals surface area contributed by atoms with E-state index in [0.29, 0.717) is 31.1 Å². The molecule has 0 bridgehead atoms. The Morgan fingerprint density at radius 2 is 1.95 bits per heavy atom. The Kier molecular flexibility index (Phi) is 3.45. The number of aromatic nitrogens is 1. The highest BCUT2D eigenvalue weighted by Gasteiger charge is 2.27. The van der Waals surface area contributed by atoms with E-state index in [4.69, 9.17) is 0 Å². The van der Waals surface area contributed by atoms with Gasteiger partial charge in [0.25, 0.3) is 0 Å². The second-order valence-corrected chi connectivity index (χ2v) is 6.87. The number of piperazine rings is 1. The Balaban J connectivity index is 2.18. The van der Waals surface area contributed by atoms with Crippen molar-refractivity contribution >= 4 is 20.8 Å². The molecule has 1 aliphatic heterocycles. The van der Waals surface area contributed by atoms with Gasteiger partial charge in [-0.3, -0.25) is 4.98 Å². The molecule has 1 aliphatic rings. The SMILES string of the molecule is Cc1cncc2cccc(S(=O)(=O)N3CCNCC3)c12. The van der Waals surface area contributed by atoms with Gasteiger partial charge >= 0.3 is 0 Å². The van der Waals surface area contributed by atoms with Crippen LogP contribution in [0.25, 0.3) is 10.8 Å². The minimum atomic E-state index is -3.45. The monoisotopic (exact) mass is 291 g/mol. The van der Waals surface area contributed by atoms with E-state index in [1.54, 1.807) is 28.8 Å². The van der Waals surface area contributed by atoms with E-state index in [1.165, 1.54) is 0 Å². The van der Waals surface area contributed by atoms with Gasteiger partial charge in [0.1, 0.15) is 0 Å². The van der Waals surface area contributed by atoms with Gasteiger partial charge in [0.05, 0.1) is 4.90 Å². The lowest BCUT2D eigenvalue weighted by atomic mass is 10.1. The van der Waals surface area contributed by atoms with Crippen molar-refractivity contribution < 1.29 is 8.42 Å². The summed E-state index contributed by atoms with van der Waals surface area (Å²) in [5.41, 5.74) is 0.886. The summed E-state index contributed by atoms with van der Waals surface area (Å²) in [5.74, 6) is 0. The van der Waals surface area contributed by atoms with Crippen LogP contribution in [0.1, 0.15) is 5.56 Å². The van der Waals surface area contributed by atoms with Gasteiger partial charge in [-0.1, -0.05) is 12.1 Å². The maximum absolute atomic E-state index is 12.8. The van der Waals surface area contributed by atoms with E-state index < -0.39 is 10.0 Å². The van der Waals surface area contributed by atoms with E-state index in [0.717, 1.165) is 16.3 Å². The topological polar surface area (TPSA) is 62.3 Å². The highest BCUT2D eigenvalue weighted by atomic mass is 32.2. The number of nitrogens with zero attached hydrogens (tertiary/aromatic N) is 2. The first-order valence-electron chi connectivity index (χ1n) is 6.65. The fourth-order valence-electron chi connectivity index (χ4n) is 2.61. The Hall–Kier alpha value is -1.50. The number of hydrogen-bond acceptors (Lipinski definition) is 4. The van der Waals surface area contributed by atoms with Crippen LogP contribution < -0.4 is 5.32 Å². The smallest absolute Gasteiger partial charge is 0.243 e. The van der Waals surface area contributed by atoms with E-state index in [2.05, 4.69) is 10.3 Å². The summed E-state index contributed by atoms with van der Waals surface area (Å²) in [6.45, 7) is 4.33. The zero-order valence-electron chi connectivity index (χ0n) is 11.3. The Morgan fingerprint density at radius 1 is 1.20 bits per heavy atom. The van der Waals surface area contributed by atoms with Crippen LogP contribution in [0.2, 0.25) is 0 Å². The number of pyridine rings is 1. The zero-order valence-corrected chi connectivity index (χ0v) is 12.2. The van der Waals surface area contributed by atoms with Crippen LogP contribution in [-0.4, -0.2) is 43.9 Å². The van der Waals surface area contributed by atoms with Crippen LogP contribution in [0.15, 0.2) is 35.5 Å². The first kappa shape index (κ1) is 13.5. The molecule has 3 rings (SSSR count). The van der Waals surface area contributed by atoms with Crippen molar-refractivity contribution in [1.82, 2.24) is 14.6 Å². The van der Waals surface area contributed by atoms with Gasteiger partial charge < -0.3 is 5.32 Å². The van der Waals surface area contributed by atoms with Gasteiger partial charge in [-0.2, -0.15) is 4.31 Å². The lowest BCUT2D eigenvalue weighted by Crippen LogP contribution is -2.46. The van der Waals surface area contributed by atoms with Gasteiger partial charge in [-0.15, -0.1) is 0 Å². The van der Waals surface area contributed by atoms with Gasteiger partial charge in [0.2, 0.25) is 10.0 Å². The van der Waals surface area contributed by atoms with Crippen molar-refractivity contribution in [2.45, 2.75) is 11.8 Å². The first-order chi connectivity index (χ1) is 9.60. The number of rotatable bonds is 2. The molecule has 1 aromatic carbocycles. The molecular weight excluding hydrogens is 274 g/mol. The number of aryl methyl sites for hydroxylation is 1. The quantitative estimate of drug-likeness (QED) is 0.901. The molecule has 0 atom stereocenters. The molecule has 0 spiro atoms. The second-order valence-electron chi connectivity index (χ2n) is 4.96. The average molecular weight is 291 g/mol. The number of sulfonamides is 1. The molecule has 1 aromatic heterocycles. The van der Waals surface area contributed by atoms with E-state index in [1.807, 2.05) is 13.0 Å². The molecule has 6 heteroatoms. The summed E-state index contributed by atoms with van der Waals surface area (Å²) < 4.78 is 27.2. The summed E-state index contributed by atoms with van der Waals surface area (Å²) in [4.78, 5) is 4.52. The largest absolute Gasteiger partial charge is 0.314 e. The number of hydrogen-bond donors (Lipinski definition) is 1. The molecule has 0 unspecified atom stereocenters. The lowest BCUT2D eigenvalue weighted by Gasteiger charge is -2.27. The minimum Gasteiger partial charge on any atom is -0.314 e. The van der Waals surface area contributed by atoms with Crippen molar-refractivity contribution in [3.8, 4) is 0 Å². The highest BCUT2D eigenvalue weighted by molar-refractivity contribution is 7.89. The zero-order chi connectivity index (χ0) is 14.2. The molecular formula is C14H17N3O2S. The standard InChI is InChI=1S/C14H17N3O2S/c1-11-9-16-10-12-3-2-4-13(14(11)12)20(18,19)17-7-5-15-6-8-17/h2-4,9-10,15H,5-8H2,1H3. The fourth-order valence-corrected chi connectivity index (χ4v) is 4.34. The molecule has 5 nitrogen and oxygen atoms in total. The van der Waals surface area contributed by atoms with Gasteiger partial charge in [-0.25, -0.2) is 8.42 Å². The van der Waals surface area contributed by atoms with Crippen molar-refractivity contribution in [2.24, 2.45) is 0 Å². The minimum absolute atomic E-state index is 0.386. The molecule has 0 saturated carbocycles. The summed E-state index contributed by atoms with van der Waals surface area (Å²) in [6, 6.07) is 5.36.